The number of rotatable bonds is 2. The van der Waals surface area contributed by atoms with Gasteiger partial charge in [-0.3, -0.25) is 9.69 Å². The minimum absolute atomic E-state index is 0.0181. The van der Waals surface area contributed by atoms with Crippen LogP contribution in [0.3, 0.4) is 0 Å². The summed E-state index contributed by atoms with van der Waals surface area (Å²) in [7, 11) is 0. The standard InChI is InChI=1S/C9H9ClN2OS2/c1-5-8(13)12(9(14)11-5)4-6-2-3-7(10)15-6/h2-3,5H,4H2,1H3,(H,11,14). The molecule has 80 valence electrons. The molecule has 6 heteroatoms. The Bertz CT molecular complexity index is 418. The second-order valence-corrected chi connectivity index (χ2v) is 5.49. The molecule has 1 atom stereocenters. The molecule has 1 aromatic heterocycles. The van der Waals surface area contributed by atoms with Crippen molar-refractivity contribution in [2.24, 2.45) is 0 Å². The van der Waals surface area contributed by atoms with Crippen LogP contribution in [0, 0.1) is 0 Å². The molecule has 1 aliphatic heterocycles. The summed E-state index contributed by atoms with van der Waals surface area (Å²) in [6.45, 7) is 2.31. The van der Waals surface area contributed by atoms with E-state index in [2.05, 4.69) is 5.32 Å². The zero-order valence-electron chi connectivity index (χ0n) is 7.99. The maximum absolute atomic E-state index is 11.7. The molecule has 0 saturated carbocycles. The lowest BCUT2D eigenvalue weighted by atomic mass is 10.3. The van der Waals surface area contributed by atoms with Crippen molar-refractivity contribution in [2.75, 3.05) is 0 Å². The number of nitrogens with zero attached hydrogens (tertiary/aromatic N) is 1. The molecule has 15 heavy (non-hydrogen) atoms. The average Bonchev–Trinajstić information content (AvgIpc) is 2.67. The van der Waals surface area contributed by atoms with Crippen molar-refractivity contribution >= 4 is 46.2 Å². The highest BCUT2D eigenvalue weighted by Crippen LogP contribution is 2.23. The van der Waals surface area contributed by atoms with E-state index >= 15 is 0 Å². The van der Waals surface area contributed by atoms with E-state index in [9.17, 15) is 4.79 Å². The van der Waals surface area contributed by atoms with Gasteiger partial charge in [-0.2, -0.15) is 0 Å². The predicted octanol–water partition coefficient (Wildman–Crippen LogP) is 2.01. The Hall–Kier alpha value is -0.650. The van der Waals surface area contributed by atoms with Gasteiger partial charge in [0, 0.05) is 4.88 Å². The third-order valence-electron chi connectivity index (χ3n) is 2.16. The molecular formula is C9H9ClN2OS2. The van der Waals surface area contributed by atoms with Gasteiger partial charge in [-0.15, -0.1) is 11.3 Å². The number of hydrogen-bond donors (Lipinski definition) is 1. The van der Waals surface area contributed by atoms with Gasteiger partial charge in [0.15, 0.2) is 5.11 Å². The Balaban J connectivity index is 2.12. The zero-order valence-corrected chi connectivity index (χ0v) is 10.4. The van der Waals surface area contributed by atoms with Gasteiger partial charge >= 0.3 is 0 Å². The quantitative estimate of drug-likeness (QED) is 0.826. The van der Waals surface area contributed by atoms with E-state index in [0.29, 0.717) is 11.7 Å². The number of thiophene rings is 1. The van der Waals surface area contributed by atoms with Crippen molar-refractivity contribution in [3.05, 3.63) is 21.3 Å². The maximum Gasteiger partial charge on any atom is 0.251 e. The third kappa shape index (κ3) is 2.14. The van der Waals surface area contributed by atoms with Crippen LogP contribution in [-0.2, 0) is 11.3 Å². The fraction of sp³-hybridized carbons (Fsp3) is 0.333. The zero-order chi connectivity index (χ0) is 11.0. The first-order valence-electron chi connectivity index (χ1n) is 4.44. The fourth-order valence-electron chi connectivity index (χ4n) is 1.40. The van der Waals surface area contributed by atoms with Crippen molar-refractivity contribution in [1.82, 2.24) is 10.2 Å². The Labute approximate surface area is 102 Å². The maximum atomic E-state index is 11.7. The van der Waals surface area contributed by atoms with Crippen molar-refractivity contribution < 1.29 is 4.79 Å². The van der Waals surface area contributed by atoms with E-state index < -0.39 is 0 Å². The van der Waals surface area contributed by atoms with Crippen LogP contribution in [0.1, 0.15) is 11.8 Å². The van der Waals surface area contributed by atoms with Gasteiger partial charge in [-0.05, 0) is 31.3 Å². The molecule has 0 radical (unpaired) electrons. The molecule has 0 aliphatic carbocycles. The summed E-state index contributed by atoms with van der Waals surface area (Å²) in [4.78, 5) is 14.3. The lowest BCUT2D eigenvalue weighted by molar-refractivity contribution is -0.127. The summed E-state index contributed by atoms with van der Waals surface area (Å²) < 4.78 is 0.726. The highest BCUT2D eigenvalue weighted by Gasteiger charge is 2.32. The van der Waals surface area contributed by atoms with E-state index in [0.717, 1.165) is 9.21 Å². The van der Waals surface area contributed by atoms with Crippen LogP contribution in [0.15, 0.2) is 12.1 Å². The molecule has 1 fully saturated rings. The molecule has 0 aromatic carbocycles. The van der Waals surface area contributed by atoms with Crippen LogP contribution < -0.4 is 5.32 Å². The molecule has 0 bridgehead atoms. The number of amides is 1. The summed E-state index contributed by atoms with van der Waals surface area (Å²) >= 11 is 12.3. The lowest BCUT2D eigenvalue weighted by Crippen LogP contribution is -2.29. The minimum atomic E-state index is -0.215. The Morgan fingerprint density at radius 3 is 2.87 bits per heavy atom. The monoisotopic (exact) mass is 260 g/mol. The van der Waals surface area contributed by atoms with E-state index in [1.54, 1.807) is 11.8 Å². The Morgan fingerprint density at radius 1 is 1.67 bits per heavy atom. The van der Waals surface area contributed by atoms with Gasteiger partial charge in [0.05, 0.1) is 10.9 Å². The van der Waals surface area contributed by atoms with E-state index in [-0.39, 0.29) is 11.9 Å². The van der Waals surface area contributed by atoms with Crippen molar-refractivity contribution in [3.63, 3.8) is 0 Å². The van der Waals surface area contributed by atoms with E-state index in [4.69, 9.17) is 23.8 Å². The van der Waals surface area contributed by atoms with Crippen molar-refractivity contribution in [3.8, 4) is 0 Å². The van der Waals surface area contributed by atoms with Crippen LogP contribution >= 0.6 is 35.2 Å². The summed E-state index contributed by atoms with van der Waals surface area (Å²) in [6.07, 6.45) is 0. The van der Waals surface area contributed by atoms with Gasteiger partial charge in [0.1, 0.15) is 6.04 Å². The first-order chi connectivity index (χ1) is 7.08. The highest BCUT2D eigenvalue weighted by molar-refractivity contribution is 7.80. The molecule has 1 N–H and O–H groups in total. The normalized spacial score (nSPS) is 20.9. The molecule has 1 saturated heterocycles. The number of carbonyl (C=O) groups is 1. The van der Waals surface area contributed by atoms with E-state index in [1.807, 2.05) is 12.1 Å². The number of halogens is 1. The predicted molar refractivity (Wildman–Crippen MR) is 65.1 cm³/mol. The summed E-state index contributed by atoms with van der Waals surface area (Å²) in [5.74, 6) is 0.0181. The number of carbonyl (C=O) groups excluding carboxylic acids is 1. The van der Waals surface area contributed by atoms with Crippen LogP contribution in [-0.4, -0.2) is 22.0 Å². The number of hydrogen-bond acceptors (Lipinski definition) is 3. The van der Waals surface area contributed by atoms with Crippen molar-refractivity contribution in [2.45, 2.75) is 19.5 Å². The number of thiocarbonyl (C=S) groups is 1. The molecule has 1 unspecified atom stereocenters. The molecular weight excluding hydrogens is 252 g/mol. The molecule has 1 aromatic rings. The third-order valence-corrected chi connectivity index (χ3v) is 3.72. The lowest BCUT2D eigenvalue weighted by Gasteiger charge is -2.12. The second kappa shape index (κ2) is 4.08. The number of nitrogens with one attached hydrogen (secondary N) is 1. The summed E-state index contributed by atoms with van der Waals surface area (Å²) in [6, 6.07) is 3.52. The molecule has 0 spiro atoms. The molecule has 1 amide bonds. The summed E-state index contributed by atoms with van der Waals surface area (Å²) in [5, 5.41) is 3.42. The second-order valence-electron chi connectivity index (χ2n) is 3.30. The average molecular weight is 261 g/mol. The summed E-state index contributed by atoms with van der Waals surface area (Å²) in [5.41, 5.74) is 0. The fourth-order valence-corrected chi connectivity index (χ4v) is 2.81. The van der Waals surface area contributed by atoms with Crippen molar-refractivity contribution in [1.29, 1.82) is 0 Å². The molecule has 1 aliphatic rings. The molecule has 2 heterocycles. The van der Waals surface area contributed by atoms with Gasteiger partial charge < -0.3 is 5.32 Å². The highest BCUT2D eigenvalue weighted by atomic mass is 35.5. The van der Waals surface area contributed by atoms with Gasteiger partial charge in [-0.25, -0.2) is 0 Å². The van der Waals surface area contributed by atoms with Gasteiger partial charge in [0.2, 0.25) is 0 Å². The molecule has 2 rings (SSSR count). The van der Waals surface area contributed by atoms with Crippen LogP contribution in [0.4, 0.5) is 0 Å². The van der Waals surface area contributed by atoms with E-state index in [1.165, 1.54) is 11.3 Å². The van der Waals surface area contributed by atoms with Gasteiger partial charge in [-0.1, -0.05) is 11.6 Å². The first-order valence-corrected chi connectivity index (χ1v) is 6.04. The largest absolute Gasteiger partial charge is 0.351 e. The topological polar surface area (TPSA) is 32.3 Å². The van der Waals surface area contributed by atoms with Crippen LogP contribution in [0.25, 0.3) is 0 Å². The van der Waals surface area contributed by atoms with Crippen LogP contribution in [0.2, 0.25) is 4.34 Å². The minimum Gasteiger partial charge on any atom is -0.351 e. The van der Waals surface area contributed by atoms with Gasteiger partial charge in [0.25, 0.3) is 5.91 Å². The molecule has 3 nitrogen and oxygen atoms in total. The Kier molecular flexibility index (Phi) is 2.95. The van der Waals surface area contributed by atoms with Crippen LogP contribution in [0.5, 0.6) is 0 Å². The smallest absolute Gasteiger partial charge is 0.251 e. The Morgan fingerprint density at radius 2 is 2.40 bits per heavy atom. The first kappa shape index (κ1) is 10.9. The SMILES string of the molecule is CC1NC(=S)N(Cc2ccc(Cl)s2)C1=O.